The molecule has 258 valence electrons. The zero-order chi connectivity index (χ0) is 35.0. The molecule has 4 heterocycles. The van der Waals surface area contributed by atoms with E-state index < -0.39 is 21.7 Å². The number of likely N-dealkylation sites (tertiary alicyclic amines) is 1. The number of ether oxygens (including phenoxy) is 1. The van der Waals surface area contributed by atoms with Crippen molar-refractivity contribution in [2.75, 3.05) is 50.9 Å². The Labute approximate surface area is 288 Å². The van der Waals surface area contributed by atoms with Crippen molar-refractivity contribution < 1.29 is 31.2 Å². The third kappa shape index (κ3) is 6.53. The highest BCUT2D eigenvalue weighted by Gasteiger charge is 2.27. The van der Waals surface area contributed by atoms with Gasteiger partial charge in [0.05, 0.1) is 23.1 Å². The number of rotatable bonds is 10. The van der Waals surface area contributed by atoms with Crippen molar-refractivity contribution in [2.24, 2.45) is 0 Å². The van der Waals surface area contributed by atoms with Gasteiger partial charge in [0.25, 0.3) is 5.91 Å². The summed E-state index contributed by atoms with van der Waals surface area (Å²) in [7, 11) is -0.784. The third-order valence-electron chi connectivity index (χ3n) is 9.00. The van der Waals surface area contributed by atoms with Crippen LogP contribution >= 0.6 is 0 Å². The standard InChI is InChI=1S/C37H36FN5O6S/c1-39-36(44)33-27-21-26(29(42(2)50(3,45)46)22-32(27)48-34(33)23-9-12-25(38)13-10-23)24-11-14-30(47-19-18-43-16-5-4-6-17-43)28(20-24)37-41-35-31(49-37)8-7-15-40-35/h7-15,20-22H,4-6,16-19H2,1-3H3,(H,39,44). The quantitative estimate of drug-likeness (QED) is 0.166. The third-order valence-corrected chi connectivity index (χ3v) is 10.2. The Balaban J connectivity index is 1.40. The van der Waals surface area contributed by atoms with Gasteiger partial charge >= 0.3 is 0 Å². The Morgan fingerprint density at radius 3 is 2.46 bits per heavy atom. The molecular formula is C37H36FN5O6S. The first-order valence-corrected chi connectivity index (χ1v) is 18.2. The van der Waals surface area contributed by atoms with Crippen LogP contribution in [-0.2, 0) is 10.0 Å². The summed E-state index contributed by atoms with van der Waals surface area (Å²) in [5.74, 6) is 0.206. The smallest absolute Gasteiger partial charge is 0.255 e. The van der Waals surface area contributed by atoms with Crippen LogP contribution in [0.1, 0.15) is 29.6 Å². The summed E-state index contributed by atoms with van der Waals surface area (Å²) in [4.78, 5) is 24.7. The average molecular weight is 698 g/mol. The second kappa shape index (κ2) is 13.6. The Kier molecular flexibility index (Phi) is 9.02. The van der Waals surface area contributed by atoms with Gasteiger partial charge in [-0.2, -0.15) is 4.98 Å². The molecule has 1 saturated heterocycles. The summed E-state index contributed by atoms with van der Waals surface area (Å²) >= 11 is 0. The van der Waals surface area contributed by atoms with Gasteiger partial charge in [-0.05, 0) is 86.1 Å². The SMILES string of the molecule is CNC(=O)c1c(-c2ccc(F)cc2)oc2cc(N(C)S(C)(=O)=O)c(-c3ccc(OCCN4CCCCC4)c(-c4nc5ncccc5o4)c3)cc12. The van der Waals surface area contributed by atoms with Crippen LogP contribution in [0.5, 0.6) is 5.75 Å². The summed E-state index contributed by atoms with van der Waals surface area (Å²) in [5, 5.41) is 3.11. The van der Waals surface area contributed by atoms with Crippen molar-refractivity contribution >= 4 is 43.8 Å². The van der Waals surface area contributed by atoms with Crippen LogP contribution in [-0.4, -0.2) is 75.8 Å². The molecule has 0 unspecified atom stereocenters. The average Bonchev–Trinajstić information content (AvgIpc) is 3.73. The highest BCUT2D eigenvalue weighted by molar-refractivity contribution is 7.92. The van der Waals surface area contributed by atoms with E-state index in [1.54, 1.807) is 30.5 Å². The predicted octanol–water partition coefficient (Wildman–Crippen LogP) is 6.73. The minimum absolute atomic E-state index is 0.224. The maximum Gasteiger partial charge on any atom is 0.255 e. The van der Waals surface area contributed by atoms with Gasteiger partial charge in [0.15, 0.2) is 11.2 Å². The van der Waals surface area contributed by atoms with E-state index in [1.807, 2.05) is 18.2 Å². The highest BCUT2D eigenvalue weighted by Crippen LogP contribution is 2.43. The monoisotopic (exact) mass is 697 g/mol. The number of fused-ring (bicyclic) bond motifs is 2. The molecule has 3 aromatic heterocycles. The molecule has 1 aliphatic heterocycles. The largest absolute Gasteiger partial charge is 0.491 e. The van der Waals surface area contributed by atoms with Gasteiger partial charge in [-0.1, -0.05) is 12.5 Å². The minimum atomic E-state index is -3.74. The van der Waals surface area contributed by atoms with E-state index in [4.69, 9.17) is 13.6 Å². The van der Waals surface area contributed by atoms with E-state index in [-0.39, 0.29) is 16.9 Å². The van der Waals surface area contributed by atoms with Crippen molar-refractivity contribution in [2.45, 2.75) is 19.3 Å². The van der Waals surface area contributed by atoms with Gasteiger partial charge in [-0.15, -0.1) is 0 Å². The number of aromatic nitrogens is 2. The number of benzene rings is 3. The normalized spacial score (nSPS) is 13.9. The number of hydrogen-bond donors (Lipinski definition) is 1. The number of sulfonamides is 1. The van der Waals surface area contributed by atoms with E-state index in [1.165, 1.54) is 57.6 Å². The van der Waals surface area contributed by atoms with Crippen LogP contribution < -0.4 is 14.4 Å². The topological polar surface area (TPSA) is 131 Å². The van der Waals surface area contributed by atoms with E-state index >= 15 is 0 Å². The lowest BCUT2D eigenvalue weighted by Gasteiger charge is -2.26. The van der Waals surface area contributed by atoms with E-state index in [0.29, 0.717) is 62.8 Å². The number of oxazole rings is 1. The van der Waals surface area contributed by atoms with Crippen LogP contribution in [0.15, 0.2) is 81.8 Å². The van der Waals surface area contributed by atoms with Gasteiger partial charge in [0.2, 0.25) is 15.9 Å². The fourth-order valence-corrected chi connectivity index (χ4v) is 6.81. The summed E-state index contributed by atoms with van der Waals surface area (Å²) < 4.78 is 59.6. The number of carbonyl (C=O) groups is 1. The van der Waals surface area contributed by atoms with E-state index in [2.05, 4.69) is 20.2 Å². The summed E-state index contributed by atoms with van der Waals surface area (Å²) in [6.07, 6.45) is 6.34. The Bertz CT molecular complexity index is 2280. The first kappa shape index (κ1) is 33.2. The fourth-order valence-electron chi connectivity index (χ4n) is 6.30. The molecule has 0 saturated carbocycles. The van der Waals surface area contributed by atoms with Crippen LogP contribution in [0.2, 0.25) is 0 Å². The molecule has 1 aliphatic rings. The van der Waals surface area contributed by atoms with Crippen LogP contribution in [0.3, 0.4) is 0 Å². The van der Waals surface area contributed by atoms with Crippen LogP contribution in [0.25, 0.3) is 56.1 Å². The van der Waals surface area contributed by atoms with Gasteiger partial charge in [0.1, 0.15) is 29.5 Å². The second-order valence-corrected chi connectivity index (χ2v) is 14.3. The first-order valence-electron chi connectivity index (χ1n) is 16.3. The molecule has 7 rings (SSSR count). The molecule has 11 nitrogen and oxygen atoms in total. The molecule has 0 radical (unpaired) electrons. The van der Waals surface area contributed by atoms with E-state index in [0.717, 1.165) is 30.2 Å². The number of halogens is 1. The number of nitrogens with zero attached hydrogens (tertiary/aromatic N) is 4. The molecule has 0 atom stereocenters. The van der Waals surface area contributed by atoms with Crippen molar-refractivity contribution in [1.29, 1.82) is 0 Å². The maximum absolute atomic E-state index is 13.8. The minimum Gasteiger partial charge on any atom is -0.491 e. The summed E-state index contributed by atoms with van der Waals surface area (Å²) in [6, 6.07) is 18.0. The number of carbonyl (C=O) groups excluding carboxylic acids is 1. The Morgan fingerprint density at radius 1 is 0.980 bits per heavy atom. The molecule has 0 bridgehead atoms. The number of nitrogens with one attached hydrogen (secondary N) is 1. The van der Waals surface area contributed by atoms with E-state index in [9.17, 15) is 17.6 Å². The van der Waals surface area contributed by atoms with Crippen molar-refractivity contribution in [3.8, 4) is 39.7 Å². The predicted molar refractivity (Wildman–Crippen MR) is 190 cm³/mol. The Morgan fingerprint density at radius 2 is 1.74 bits per heavy atom. The second-order valence-electron chi connectivity index (χ2n) is 12.3. The number of piperidine rings is 1. The zero-order valence-corrected chi connectivity index (χ0v) is 28.7. The maximum atomic E-state index is 13.8. The molecule has 50 heavy (non-hydrogen) atoms. The fraction of sp³-hybridized carbons (Fsp3) is 0.270. The lowest BCUT2D eigenvalue weighted by Crippen LogP contribution is -2.33. The number of pyridine rings is 1. The van der Waals surface area contributed by atoms with Crippen LogP contribution in [0, 0.1) is 5.82 Å². The van der Waals surface area contributed by atoms with Crippen LogP contribution in [0.4, 0.5) is 10.1 Å². The lowest BCUT2D eigenvalue weighted by atomic mass is 9.97. The zero-order valence-electron chi connectivity index (χ0n) is 27.9. The van der Waals surface area contributed by atoms with Gasteiger partial charge in [-0.3, -0.25) is 14.0 Å². The molecule has 3 aromatic carbocycles. The van der Waals surface area contributed by atoms with Gasteiger partial charge < -0.3 is 18.9 Å². The molecule has 1 N–H and O–H groups in total. The molecule has 1 fully saturated rings. The number of hydrogen-bond acceptors (Lipinski definition) is 9. The van der Waals surface area contributed by atoms with Crippen molar-refractivity contribution in [3.05, 3.63) is 84.3 Å². The number of anilines is 1. The summed E-state index contributed by atoms with van der Waals surface area (Å²) in [5.41, 5.74) is 3.91. The van der Waals surface area contributed by atoms with Gasteiger partial charge in [0, 0.05) is 49.4 Å². The molecule has 1 amide bonds. The number of furan rings is 1. The Hall–Kier alpha value is -5.27. The lowest BCUT2D eigenvalue weighted by molar-refractivity contribution is 0.0964. The first-order chi connectivity index (χ1) is 24.1. The molecule has 6 aromatic rings. The highest BCUT2D eigenvalue weighted by atomic mass is 32.2. The van der Waals surface area contributed by atoms with Crippen molar-refractivity contribution in [3.63, 3.8) is 0 Å². The molecular weight excluding hydrogens is 662 g/mol. The summed E-state index contributed by atoms with van der Waals surface area (Å²) in [6.45, 7) is 3.31. The van der Waals surface area contributed by atoms with Gasteiger partial charge in [-0.25, -0.2) is 17.8 Å². The number of amides is 1. The molecule has 0 spiro atoms. The molecule has 13 heteroatoms. The van der Waals surface area contributed by atoms with Crippen molar-refractivity contribution in [1.82, 2.24) is 20.2 Å². The molecule has 0 aliphatic carbocycles.